The van der Waals surface area contributed by atoms with Crippen LogP contribution in [0.25, 0.3) is 11.0 Å². The zero-order valence-electron chi connectivity index (χ0n) is 12.8. The Balaban J connectivity index is 2.38. The van der Waals surface area contributed by atoms with Crippen molar-refractivity contribution in [1.82, 2.24) is 9.55 Å². The molecule has 5 heteroatoms. The van der Waals surface area contributed by atoms with E-state index in [1.165, 1.54) is 0 Å². The summed E-state index contributed by atoms with van der Waals surface area (Å²) in [5.74, 6) is 0.676. The lowest BCUT2D eigenvalue weighted by atomic mass is 10.1. The number of aliphatic carboxylic acids is 1. The standard InChI is InChI=1S/C16H22N2O3/c1-11(2)6-7-18-14-5-4-12(9-16(19)20)8-13(14)17-15(18)10-21-3/h4-5,8,11H,6-7,9-10H2,1-3H3,(H,19,20). The van der Waals surface area contributed by atoms with E-state index in [4.69, 9.17) is 9.84 Å². The average molecular weight is 290 g/mol. The van der Waals surface area contributed by atoms with Gasteiger partial charge in [0.05, 0.1) is 17.5 Å². The first-order chi connectivity index (χ1) is 10.0. The Labute approximate surface area is 124 Å². The number of benzene rings is 1. The van der Waals surface area contributed by atoms with Crippen LogP contribution in [0.4, 0.5) is 0 Å². The third-order valence-electron chi connectivity index (χ3n) is 3.45. The lowest BCUT2D eigenvalue weighted by Crippen LogP contribution is -2.07. The van der Waals surface area contributed by atoms with Crippen LogP contribution in [0, 0.1) is 5.92 Å². The number of methoxy groups -OCH3 is 1. The van der Waals surface area contributed by atoms with Crippen LogP contribution in [0.3, 0.4) is 0 Å². The molecule has 1 aromatic heterocycles. The van der Waals surface area contributed by atoms with Crippen LogP contribution in [0.1, 0.15) is 31.7 Å². The van der Waals surface area contributed by atoms with Crippen molar-refractivity contribution in [2.24, 2.45) is 5.92 Å². The highest BCUT2D eigenvalue weighted by Crippen LogP contribution is 2.20. The molecule has 114 valence electrons. The number of aromatic nitrogens is 2. The number of ether oxygens (including phenoxy) is 1. The van der Waals surface area contributed by atoms with E-state index in [0.717, 1.165) is 35.4 Å². The highest BCUT2D eigenvalue weighted by atomic mass is 16.5. The summed E-state index contributed by atoms with van der Waals surface area (Å²) in [4.78, 5) is 15.4. The summed E-state index contributed by atoms with van der Waals surface area (Å²) < 4.78 is 7.39. The maximum atomic E-state index is 10.8. The highest BCUT2D eigenvalue weighted by Gasteiger charge is 2.12. The monoisotopic (exact) mass is 290 g/mol. The van der Waals surface area contributed by atoms with Crippen LogP contribution in [-0.2, 0) is 29.1 Å². The van der Waals surface area contributed by atoms with Crippen molar-refractivity contribution in [3.63, 3.8) is 0 Å². The Morgan fingerprint density at radius 3 is 2.81 bits per heavy atom. The maximum Gasteiger partial charge on any atom is 0.307 e. The molecule has 1 heterocycles. The van der Waals surface area contributed by atoms with Gasteiger partial charge in [0.25, 0.3) is 0 Å². The number of carboxylic acids is 1. The first-order valence-corrected chi connectivity index (χ1v) is 7.20. The van der Waals surface area contributed by atoms with Gasteiger partial charge >= 0.3 is 5.97 Å². The van der Waals surface area contributed by atoms with E-state index < -0.39 is 5.97 Å². The predicted molar refractivity (Wildman–Crippen MR) is 81.2 cm³/mol. The summed E-state index contributed by atoms with van der Waals surface area (Å²) in [6.07, 6.45) is 1.09. The van der Waals surface area contributed by atoms with Crippen molar-refractivity contribution in [3.8, 4) is 0 Å². The first kappa shape index (κ1) is 15.5. The van der Waals surface area contributed by atoms with Gasteiger partial charge in [-0.2, -0.15) is 0 Å². The molecule has 5 nitrogen and oxygen atoms in total. The van der Waals surface area contributed by atoms with Gasteiger partial charge in [-0.3, -0.25) is 4.79 Å². The second kappa shape index (κ2) is 6.72. The van der Waals surface area contributed by atoms with Gasteiger partial charge in [-0.15, -0.1) is 0 Å². The van der Waals surface area contributed by atoms with E-state index in [-0.39, 0.29) is 6.42 Å². The third kappa shape index (κ3) is 3.82. The molecule has 2 rings (SSSR count). The molecule has 0 amide bonds. The molecule has 0 aliphatic heterocycles. The summed E-state index contributed by atoms with van der Waals surface area (Å²) in [6, 6.07) is 5.68. The van der Waals surface area contributed by atoms with Crippen LogP contribution in [-0.4, -0.2) is 27.7 Å². The van der Waals surface area contributed by atoms with Crippen LogP contribution < -0.4 is 0 Å². The molecular formula is C16H22N2O3. The van der Waals surface area contributed by atoms with Crippen LogP contribution >= 0.6 is 0 Å². The number of aryl methyl sites for hydroxylation is 1. The number of carbonyl (C=O) groups is 1. The van der Waals surface area contributed by atoms with E-state index in [2.05, 4.69) is 23.4 Å². The molecule has 2 aromatic rings. The summed E-state index contributed by atoms with van der Waals surface area (Å²) in [7, 11) is 1.65. The van der Waals surface area contributed by atoms with E-state index in [1.807, 2.05) is 18.2 Å². The molecule has 0 radical (unpaired) electrons. The maximum absolute atomic E-state index is 10.8. The highest BCUT2D eigenvalue weighted by molar-refractivity contribution is 5.79. The predicted octanol–water partition coefficient (Wildman–Crippen LogP) is 2.86. The molecule has 1 aromatic carbocycles. The Morgan fingerprint density at radius 2 is 2.19 bits per heavy atom. The molecule has 0 saturated heterocycles. The van der Waals surface area contributed by atoms with Gasteiger partial charge in [0, 0.05) is 13.7 Å². The van der Waals surface area contributed by atoms with Crippen molar-refractivity contribution >= 4 is 17.0 Å². The number of hydrogen-bond donors (Lipinski definition) is 1. The van der Waals surface area contributed by atoms with Gasteiger partial charge in [-0.05, 0) is 30.0 Å². The minimum Gasteiger partial charge on any atom is -0.481 e. The summed E-state index contributed by atoms with van der Waals surface area (Å²) in [5.41, 5.74) is 2.65. The minimum atomic E-state index is -0.828. The average Bonchev–Trinajstić information content (AvgIpc) is 2.72. The molecule has 1 N–H and O–H groups in total. The van der Waals surface area contributed by atoms with Crippen LogP contribution in [0.5, 0.6) is 0 Å². The van der Waals surface area contributed by atoms with Crippen molar-refractivity contribution < 1.29 is 14.6 Å². The first-order valence-electron chi connectivity index (χ1n) is 7.20. The molecule has 21 heavy (non-hydrogen) atoms. The zero-order valence-corrected chi connectivity index (χ0v) is 12.8. The SMILES string of the molecule is COCc1nc2cc(CC(=O)O)ccc2n1CCC(C)C. The van der Waals surface area contributed by atoms with Gasteiger partial charge in [-0.25, -0.2) is 4.98 Å². The van der Waals surface area contributed by atoms with Crippen LogP contribution in [0.15, 0.2) is 18.2 Å². The Hall–Kier alpha value is -1.88. The third-order valence-corrected chi connectivity index (χ3v) is 3.45. The number of imidazole rings is 1. The lowest BCUT2D eigenvalue weighted by Gasteiger charge is -2.10. The van der Waals surface area contributed by atoms with E-state index in [9.17, 15) is 4.79 Å². The number of carboxylic acid groups (broad SMARTS) is 1. The number of nitrogens with zero attached hydrogens (tertiary/aromatic N) is 2. The number of fused-ring (bicyclic) bond motifs is 1. The fourth-order valence-corrected chi connectivity index (χ4v) is 2.39. The quantitative estimate of drug-likeness (QED) is 0.851. The van der Waals surface area contributed by atoms with Crippen molar-refractivity contribution in [3.05, 3.63) is 29.6 Å². The molecule has 0 aliphatic carbocycles. The molecule has 0 saturated carbocycles. The Kier molecular flexibility index (Phi) is 4.96. The number of hydrogen-bond acceptors (Lipinski definition) is 3. The van der Waals surface area contributed by atoms with Crippen molar-refractivity contribution in [2.45, 2.75) is 39.8 Å². The zero-order chi connectivity index (χ0) is 15.4. The molecular weight excluding hydrogens is 268 g/mol. The van der Waals surface area contributed by atoms with Gasteiger partial charge in [-0.1, -0.05) is 19.9 Å². The van der Waals surface area contributed by atoms with Gasteiger partial charge < -0.3 is 14.4 Å². The Bertz CT molecular complexity index is 632. The molecule has 0 fully saturated rings. The van der Waals surface area contributed by atoms with Crippen molar-refractivity contribution in [1.29, 1.82) is 0 Å². The Morgan fingerprint density at radius 1 is 1.43 bits per heavy atom. The summed E-state index contributed by atoms with van der Waals surface area (Å²) in [6.45, 7) is 5.74. The van der Waals surface area contributed by atoms with Gasteiger partial charge in [0.1, 0.15) is 12.4 Å². The topological polar surface area (TPSA) is 64.3 Å². The molecule has 0 unspecified atom stereocenters. The van der Waals surface area contributed by atoms with Crippen molar-refractivity contribution in [2.75, 3.05) is 7.11 Å². The largest absolute Gasteiger partial charge is 0.481 e. The fraction of sp³-hybridized carbons (Fsp3) is 0.500. The molecule has 0 spiro atoms. The van der Waals surface area contributed by atoms with E-state index in [0.29, 0.717) is 12.5 Å². The summed E-state index contributed by atoms with van der Waals surface area (Å²) >= 11 is 0. The second-order valence-electron chi connectivity index (χ2n) is 5.69. The minimum absolute atomic E-state index is 0.0222. The molecule has 0 atom stereocenters. The smallest absolute Gasteiger partial charge is 0.307 e. The molecule has 0 bridgehead atoms. The molecule has 0 aliphatic rings. The fourth-order valence-electron chi connectivity index (χ4n) is 2.39. The van der Waals surface area contributed by atoms with E-state index in [1.54, 1.807) is 7.11 Å². The second-order valence-corrected chi connectivity index (χ2v) is 5.69. The normalized spacial score (nSPS) is 11.4. The van der Waals surface area contributed by atoms with Gasteiger partial charge in [0.2, 0.25) is 0 Å². The van der Waals surface area contributed by atoms with Gasteiger partial charge in [0.15, 0.2) is 0 Å². The number of rotatable bonds is 7. The summed E-state index contributed by atoms with van der Waals surface area (Å²) in [5, 5.41) is 8.88. The lowest BCUT2D eigenvalue weighted by molar-refractivity contribution is -0.136. The van der Waals surface area contributed by atoms with E-state index >= 15 is 0 Å². The van der Waals surface area contributed by atoms with Crippen LogP contribution in [0.2, 0.25) is 0 Å².